The minimum absolute atomic E-state index is 0.653. The average Bonchev–Trinajstić information content (AvgIpc) is 3.75. The maximum absolute atomic E-state index is 6.25. The van der Waals surface area contributed by atoms with Crippen molar-refractivity contribution in [3.63, 3.8) is 0 Å². The van der Waals surface area contributed by atoms with E-state index in [-0.39, 0.29) is 0 Å². The third-order valence-electron chi connectivity index (χ3n) is 9.46. The van der Waals surface area contributed by atoms with Crippen molar-refractivity contribution in [1.82, 2.24) is 9.55 Å². The van der Waals surface area contributed by atoms with E-state index in [1.54, 1.807) is 0 Å². The van der Waals surface area contributed by atoms with Crippen LogP contribution in [0.2, 0.25) is 0 Å². The van der Waals surface area contributed by atoms with Crippen LogP contribution in [0.15, 0.2) is 168 Å². The van der Waals surface area contributed by atoms with Crippen molar-refractivity contribution < 1.29 is 4.42 Å². The zero-order valence-electron chi connectivity index (χ0n) is 26.6. The van der Waals surface area contributed by atoms with Gasteiger partial charge in [-0.2, -0.15) is 0 Å². The van der Waals surface area contributed by atoms with Gasteiger partial charge in [0, 0.05) is 22.0 Å². The topological polar surface area (TPSA) is 31.0 Å². The third kappa shape index (κ3) is 4.63. The largest absolute Gasteiger partial charge is 0.436 e. The Kier molecular flexibility index (Phi) is 6.76. The van der Waals surface area contributed by atoms with E-state index in [1.165, 1.54) is 60.9 Å². The molecule has 7 aromatic carbocycles. The van der Waals surface area contributed by atoms with E-state index in [9.17, 15) is 0 Å². The Morgan fingerprint density at radius 2 is 1.10 bits per heavy atom. The van der Waals surface area contributed by atoms with Gasteiger partial charge in [-0.25, -0.2) is 4.98 Å². The van der Waals surface area contributed by atoms with Crippen molar-refractivity contribution in [2.75, 3.05) is 0 Å². The SMILES string of the molecule is CCc1cccc2nc(-c3ccc(-c4ccccc4-c4ccccc4-c4ccc5c(c4)c4ccccc4n5-c4ccccc4)cc3)oc12. The second-order valence-corrected chi connectivity index (χ2v) is 12.2. The number of nitrogens with zero attached hydrogens (tertiary/aromatic N) is 2. The highest BCUT2D eigenvalue weighted by molar-refractivity contribution is 6.11. The van der Waals surface area contributed by atoms with Crippen LogP contribution in [0.3, 0.4) is 0 Å². The number of rotatable bonds is 6. The van der Waals surface area contributed by atoms with Gasteiger partial charge < -0.3 is 8.98 Å². The molecule has 0 saturated heterocycles. The molecule has 228 valence electrons. The van der Waals surface area contributed by atoms with E-state index in [0.717, 1.165) is 28.6 Å². The van der Waals surface area contributed by atoms with Gasteiger partial charge in [0.15, 0.2) is 5.58 Å². The van der Waals surface area contributed by atoms with Crippen molar-refractivity contribution in [2.45, 2.75) is 13.3 Å². The number of oxazole rings is 1. The molecule has 3 heteroatoms. The standard InChI is InChI=1S/C45H32N2O/c1-2-30-13-12-21-41-44(30)48-45(46-41)32-25-23-31(24-26-32)35-16-6-8-18-37(35)38-19-9-7-17-36(38)33-27-28-43-40(29-33)39-20-10-11-22-42(39)47(43)34-14-4-3-5-15-34/h3-29H,2H2,1H3. The molecule has 0 aliphatic carbocycles. The first-order valence-electron chi connectivity index (χ1n) is 16.5. The first-order valence-corrected chi connectivity index (χ1v) is 16.5. The summed E-state index contributed by atoms with van der Waals surface area (Å²) in [7, 11) is 0. The van der Waals surface area contributed by atoms with Crippen LogP contribution < -0.4 is 0 Å². The van der Waals surface area contributed by atoms with Gasteiger partial charge in [0.1, 0.15) is 5.52 Å². The number of aromatic nitrogens is 2. The summed E-state index contributed by atoms with van der Waals surface area (Å²) >= 11 is 0. The van der Waals surface area contributed by atoms with Gasteiger partial charge in [-0.3, -0.25) is 0 Å². The second kappa shape index (κ2) is 11.6. The molecule has 48 heavy (non-hydrogen) atoms. The molecule has 0 fully saturated rings. The molecule has 0 N–H and O–H groups in total. The molecular weight excluding hydrogens is 585 g/mol. The number of hydrogen-bond donors (Lipinski definition) is 0. The van der Waals surface area contributed by atoms with Crippen molar-refractivity contribution in [3.8, 4) is 50.5 Å². The second-order valence-electron chi connectivity index (χ2n) is 12.2. The smallest absolute Gasteiger partial charge is 0.227 e. The number of para-hydroxylation sites is 3. The molecule has 0 amide bonds. The molecule has 0 bridgehead atoms. The van der Waals surface area contributed by atoms with Gasteiger partial charge >= 0.3 is 0 Å². The van der Waals surface area contributed by atoms with Crippen LogP contribution in [-0.2, 0) is 6.42 Å². The van der Waals surface area contributed by atoms with Crippen LogP contribution in [-0.4, -0.2) is 9.55 Å². The van der Waals surface area contributed by atoms with E-state index >= 15 is 0 Å². The quantitative estimate of drug-likeness (QED) is 0.186. The average molecular weight is 617 g/mol. The molecule has 9 aromatic rings. The van der Waals surface area contributed by atoms with Crippen molar-refractivity contribution >= 4 is 32.9 Å². The molecular formula is C45H32N2O. The molecule has 0 aliphatic rings. The fourth-order valence-corrected chi connectivity index (χ4v) is 7.14. The van der Waals surface area contributed by atoms with Gasteiger partial charge in [-0.05, 0) is 93.9 Å². The Bertz CT molecular complexity index is 2590. The minimum atomic E-state index is 0.653. The van der Waals surface area contributed by atoms with E-state index in [1.807, 2.05) is 12.1 Å². The summed E-state index contributed by atoms with van der Waals surface area (Å²) in [4.78, 5) is 4.80. The maximum Gasteiger partial charge on any atom is 0.227 e. The lowest BCUT2D eigenvalue weighted by Gasteiger charge is -2.15. The summed E-state index contributed by atoms with van der Waals surface area (Å²) in [5, 5.41) is 2.50. The van der Waals surface area contributed by atoms with Crippen molar-refractivity contribution in [1.29, 1.82) is 0 Å². The van der Waals surface area contributed by atoms with Crippen molar-refractivity contribution in [3.05, 3.63) is 169 Å². The third-order valence-corrected chi connectivity index (χ3v) is 9.46. The van der Waals surface area contributed by atoms with Crippen molar-refractivity contribution in [2.24, 2.45) is 0 Å². The highest BCUT2D eigenvalue weighted by atomic mass is 16.3. The minimum Gasteiger partial charge on any atom is -0.436 e. The highest BCUT2D eigenvalue weighted by Gasteiger charge is 2.17. The van der Waals surface area contributed by atoms with Crippen LogP contribution in [0.4, 0.5) is 0 Å². The Balaban J connectivity index is 1.13. The van der Waals surface area contributed by atoms with Gasteiger partial charge in [0.05, 0.1) is 11.0 Å². The first kappa shape index (κ1) is 28.1. The number of benzene rings is 7. The summed E-state index contributed by atoms with van der Waals surface area (Å²) < 4.78 is 8.61. The highest BCUT2D eigenvalue weighted by Crippen LogP contribution is 2.41. The Morgan fingerprint density at radius 3 is 1.85 bits per heavy atom. The fraction of sp³-hybridized carbons (Fsp3) is 0.0444. The van der Waals surface area contributed by atoms with Gasteiger partial charge in [-0.15, -0.1) is 0 Å². The summed E-state index contributed by atoms with van der Waals surface area (Å²) in [5.41, 5.74) is 14.6. The fourth-order valence-electron chi connectivity index (χ4n) is 7.14. The van der Waals surface area contributed by atoms with E-state index in [4.69, 9.17) is 9.40 Å². The summed E-state index contributed by atoms with van der Waals surface area (Å²) in [6.07, 6.45) is 0.911. The van der Waals surface area contributed by atoms with Crippen LogP contribution in [0.5, 0.6) is 0 Å². The molecule has 0 saturated carbocycles. The normalized spacial score (nSPS) is 11.5. The summed E-state index contributed by atoms with van der Waals surface area (Å²) in [6.45, 7) is 2.14. The lowest BCUT2D eigenvalue weighted by molar-refractivity contribution is 0.615. The molecule has 0 spiro atoms. The number of hydrogen-bond acceptors (Lipinski definition) is 2. The molecule has 0 atom stereocenters. The molecule has 0 unspecified atom stereocenters. The van der Waals surface area contributed by atoms with E-state index in [2.05, 4.69) is 163 Å². The first-order chi connectivity index (χ1) is 23.8. The Morgan fingerprint density at radius 1 is 0.500 bits per heavy atom. The van der Waals surface area contributed by atoms with Crippen LogP contribution in [0.1, 0.15) is 12.5 Å². The maximum atomic E-state index is 6.25. The molecule has 2 aromatic heterocycles. The van der Waals surface area contributed by atoms with E-state index in [0.29, 0.717) is 5.89 Å². The zero-order chi connectivity index (χ0) is 32.0. The number of fused-ring (bicyclic) bond motifs is 4. The van der Waals surface area contributed by atoms with Gasteiger partial charge in [-0.1, -0.05) is 122 Å². The summed E-state index contributed by atoms with van der Waals surface area (Å²) in [5.74, 6) is 0.653. The lowest BCUT2D eigenvalue weighted by Crippen LogP contribution is -1.93. The monoisotopic (exact) mass is 616 g/mol. The van der Waals surface area contributed by atoms with Crippen LogP contribution >= 0.6 is 0 Å². The Hall–Kier alpha value is -6.19. The van der Waals surface area contributed by atoms with Gasteiger partial charge in [0.2, 0.25) is 5.89 Å². The van der Waals surface area contributed by atoms with Crippen LogP contribution in [0, 0.1) is 0 Å². The number of aryl methyl sites for hydroxylation is 1. The van der Waals surface area contributed by atoms with E-state index < -0.39 is 0 Å². The van der Waals surface area contributed by atoms with Crippen LogP contribution in [0.25, 0.3) is 83.4 Å². The molecule has 0 radical (unpaired) electrons. The van der Waals surface area contributed by atoms with Gasteiger partial charge in [0.25, 0.3) is 0 Å². The zero-order valence-corrected chi connectivity index (χ0v) is 26.6. The predicted octanol–water partition coefficient (Wildman–Crippen LogP) is 12.2. The lowest BCUT2D eigenvalue weighted by atomic mass is 9.89. The Labute approximate surface area is 279 Å². The predicted molar refractivity (Wildman–Crippen MR) is 199 cm³/mol. The molecule has 3 nitrogen and oxygen atoms in total. The summed E-state index contributed by atoms with van der Waals surface area (Å²) in [6, 6.07) is 58.4. The molecule has 0 aliphatic heterocycles. The molecule has 2 heterocycles. The molecule has 9 rings (SSSR count).